The Morgan fingerprint density at radius 3 is 2.29 bits per heavy atom. The lowest BCUT2D eigenvalue weighted by atomic mass is 10.5. The van der Waals surface area contributed by atoms with Crippen LogP contribution in [0.5, 0.6) is 0 Å². The van der Waals surface area contributed by atoms with Gasteiger partial charge in [0.05, 0.1) is 13.7 Å². The molecule has 98 valence electrons. The van der Waals surface area contributed by atoms with E-state index in [1.165, 1.54) is 4.72 Å². The normalized spacial score (nSPS) is 10.4. The highest BCUT2D eigenvalue weighted by Crippen LogP contribution is 1.79. The second kappa shape index (κ2) is 6.65. The van der Waals surface area contributed by atoms with Crippen molar-refractivity contribution in [3.05, 3.63) is 0 Å². The molecule has 17 heavy (non-hydrogen) atoms. The molecule has 0 fully saturated rings. The Kier molecular flexibility index (Phi) is 5.91. The van der Waals surface area contributed by atoms with Gasteiger partial charge in [0.2, 0.25) is 5.91 Å². The predicted octanol–water partition coefficient (Wildman–Crippen LogP) is -2.62. The van der Waals surface area contributed by atoms with Crippen LogP contribution in [0.15, 0.2) is 0 Å². The van der Waals surface area contributed by atoms with Gasteiger partial charge in [0.1, 0.15) is 6.54 Å². The summed E-state index contributed by atoms with van der Waals surface area (Å²) in [6.45, 7) is -1.34. The Balaban J connectivity index is 4.05. The van der Waals surface area contributed by atoms with Gasteiger partial charge in [-0.15, -0.1) is 0 Å². The van der Waals surface area contributed by atoms with Gasteiger partial charge in [-0.2, -0.15) is 13.1 Å². The standard InChI is InChI=1S/C6H11N3O7S/c1-16-6(13)9-17(14,15)8-2-4(10)7-3-5(11)12/h8H,2-3H2,1H3,(H,7,10)(H,9,13)(H,11,12). The molecule has 11 heteroatoms. The first kappa shape index (κ1) is 15.1. The number of carbonyl (C=O) groups is 3. The maximum atomic E-state index is 11.0. The molecule has 0 radical (unpaired) electrons. The molecule has 0 aliphatic rings. The molecule has 0 rings (SSSR count). The summed E-state index contributed by atoms with van der Waals surface area (Å²) in [5.74, 6) is -2.13. The molecule has 0 aromatic carbocycles. The Morgan fingerprint density at radius 2 is 1.82 bits per heavy atom. The SMILES string of the molecule is COC(=O)NS(=O)(=O)NCC(=O)NCC(=O)O. The Labute approximate surface area is 96.5 Å². The maximum absolute atomic E-state index is 11.0. The molecule has 0 aliphatic heterocycles. The molecule has 0 atom stereocenters. The van der Waals surface area contributed by atoms with Crippen LogP contribution in [0.25, 0.3) is 0 Å². The molecule has 10 nitrogen and oxygen atoms in total. The van der Waals surface area contributed by atoms with Gasteiger partial charge >= 0.3 is 22.3 Å². The van der Waals surface area contributed by atoms with Crippen LogP contribution in [0.1, 0.15) is 0 Å². The van der Waals surface area contributed by atoms with Crippen molar-refractivity contribution in [2.24, 2.45) is 0 Å². The molecule has 0 unspecified atom stereocenters. The van der Waals surface area contributed by atoms with Crippen LogP contribution in [-0.4, -0.2) is 51.7 Å². The summed E-state index contributed by atoms with van der Waals surface area (Å²) in [4.78, 5) is 31.5. The zero-order valence-corrected chi connectivity index (χ0v) is 9.54. The number of carboxylic acids is 1. The van der Waals surface area contributed by atoms with Gasteiger partial charge in [0.25, 0.3) is 0 Å². The summed E-state index contributed by atoms with van der Waals surface area (Å²) < 4.78 is 29.2. The first-order chi connectivity index (χ1) is 7.76. The van der Waals surface area contributed by atoms with E-state index in [2.05, 4.69) is 4.74 Å². The van der Waals surface area contributed by atoms with E-state index in [0.717, 1.165) is 7.11 Å². The molecule has 0 saturated carbocycles. The quantitative estimate of drug-likeness (QED) is 0.412. The molecule has 0 heterocycles. The number of aliphatic carboxylic acids is 1. The van der Waals surface area contributed by atoms with Gasteiger partial charge in [0.15, 0.2) is 0 Å². The van der Waals surface area contributed by atoms with E-state index in [0.29, 0.717) is 0 Å². The van der Waals surface area contributed by atoms with Crippen LogP contribution in [0.4, 0.5) is 4.79 Å². The fourth-order valence-electron chi connectivity index (χ4n) is 0.585. The van der Waals surface area contributed by atoms with Gasteiger partial charge in [0, 0.05) is 0 Å². The number of nitrogens with one attached hydrogen (secondary N) is 3. The van der Waals surface area contributed by atoms with Crippen molar-refractivity contribution < 1.29 is 32.6 Å². The summed E-state index contributed by atoms with van der Waals surface area (Å²) in [6.07, 6.45) is -1.22. The number of rotatable bonds is 6. The first-order valence-corrected chi connectivity index (χ1v) is 5.59. The van der Waals surface area contributed by atoms with E-state index in [4.69, 9.17) is 5.11 Å². The minimum absolute atomic E-state index is 0.634. The second-order valence-electron chi connectivity index (χ2n) is 2.59. The summed E-state index contributed by atoms with van der Waals surface area (Å²) >= 11 is 0. The average molecular weight is 269 g/mol. The van der Waals surface area contributed by atoms with E-state index < -0.39 is 41.3 Å². The Hall–Kier alpha value is -1.88. The summed E-state index contributed by atoms with van der Waals surface area (Å²) in [7, 11) is -3.25. The summed E-state index contributed by atoms with van der Waals surface area (Å²) in [6, 6.07) is 0. The van der Waals surface area contributed by atoms with Crippen LogP contribution in [0.3, 0.4) is 0 Å². The molecule has 0 bridgehead atoms. The number of ether oxygens (including phenoxy) is 1. The average Bonchev–Trinajstić information content (AvgIpc) is 2.22. The van der Waals surface area contributed by atoms with Crippen molar-refractivity contribution in [3.8, 4) is 0 Å². The maximum Gasteiger partial charge on any atom is 0.421 e. The minimum Gasteiger partial charge on any atom is -0.480 e. The van der Waals surface area contributed by atoms with E-state index in [9.17, 15) is 22.8 Å². The highest BCUT2D eigenvalue weighted by Gasteiger charge is 2.15. The number of carbonyl (C=O) groups excluding carboxylic acids is 2. The number of amides is 2. The number of hydrogen-bond acceptors (Lipinski definition) is 6. The third kappa shape index (κ3) is 7.98. The third-order valence-electron chi connectivity index (χ3n) is 1.26. The number of hydrogen-bond donors (Lipinski definition) is 4. The summed E-state index contributed by atoms with van der Waals surface area (Å²) in [5.41, 5.74) is 0. The van der Waals surface area contributed by atoms with E-state index in [1.54, 1.807) is 4.72 Å². The zero-order chi connectivity index (χ0) is 13.5. The van der Waals surface area contributed by atoms with Crippen molar-refractivity contribution in [1.29, 1.82) is 0 Å². The Bertz CT molecular complexity index is 404. The lowest BCUT2D eigenvalue weighted by molar-refractivity contribution is -0.137. The van der Waals surface area contributed by atoms with Gasteiger partial charge in [-0.05, 0) is 0 Å². The summed E-state index contributed by atoms with van der Waals surface area (Å²) in [5, 5.41) is 10.1. The molecule has 2 amide bonds. The number of carboxylic acid groups (broad SMARTS) is 1. The first-order valence-electron chi connectivity index (χ1n) is 4.10. The van der Waals surface area contributed by atoms with E-state index in [1.807, 2.05) is 5.32 Å². The molecular formula is C6H11N3O7S. The smallest absolute Gasteiger partial charge is 0.421 e. The van der Waals surface area contributed by atoms with Crippen LogP contribution < -0.4 is 14.8 Å². The minimum atomic E-state index is -4.21. The lowest BCUT2D eigenvalue weighted by Gasteiger charge is -2.06. The zero-order valence-electron chi connectivity index (χ0n) is 8.72. The fraction of sp³-hybridized carbons (Fsp3) is 0.500. The van der Waals surface area contributed by atoms with Crippen LogP contribution in [0.2, 0.25) is 0 Å². The van der Waals surface area contributed by atoms with Crippen molar-refractivity contribution in [2.45, 2.75) is 0 Å². The lowest BCUT2D eigenvalue weighted by Crippen LogP contribution is -2.45. The molecule has 0 aromatic rings. The van der Waals surface area contributed by atoms with E-state index in [-0.39, 0.29) is 0 Å². The van der Waals surface area contributed by atoms with Gasteiger partial charge < -0.3 is 15.2 Å². The van der Waals surface area contributed by atoms with Crippen LogP contribution in [-0.2, 0) is 24.5 Å². The molecule has 4 N–H and O–H groups in total. The third-order valence-corrected chi connectivity index (χ3v) is 2.22. The van der Waals surface area contributed by atoms with Gasteiger partial charge in [-0.1, -0.05) is 0 Å². The topological polar surface area (TPSA) is 151 Å². The molecule has 0 spiro atoms. The molecule has 0 aromatic heterocycles. The fourth-order valence-corrected chi connectivity index (χ4v) is 1.28. The van der Waals surface area contributed by atoms with Gasteiger partial charge in [-0.3, -0.25) is 9.59 Å². The predicted molar refractivity (Wildman–Crippen MR) is 53.1 cm³/mol. The number of methoxy groups -OCH3 is 1. The molecule has 0 aliphatic carbocycles. The highest BCUT2D eigenvalue weighted by atomic mass is 32.2. The molecule has 0 saturated heterocycles. The monoisotopic (exact) mass is 269 g/mol. The van der Waals surface area contributed by atoms with Crippen molar-refractivity contribution in [2.75, 3.05) is 20.2 Å². The van der Waals surface area contributed by atoms with Crippen molar-refractivity contribution >= 4 is 28.2 Å². The highest BCUT2D eigenvalue weighted by molar-refractivity contribution is 7.88. The van der Waals surface area contributed by atoms with Crippen LogP contribution in [0, 0.1) is 0 Å². The molecular weight excluding hydrogens is 258 g/mol. The van der Waals surface area contributed by atoms with E-state index >= 15 is 0 Å². The van der Waals surface area contributed by atoms with Crippen molar-refractivity contribution in [1.82, 2.24) is 14.8 Å². The Morgan fingerprint density at radius 1 is 1.24 bits per heavy atom. The van der Waals surface area contributed by atoms with Crippen molar-refractivity contribution in [3.63, 3.8) is 0 Å². The van der Waals surface area contributed by atoms with Gasteiger partial charge in [-0.25, -0.2) is 9.52 Å². The second-order valence-corrected chi connectivity index (χ2v) is 4.09. The van der Waals surface area contributed by atoms with Crippen LogP contribution >= 0.6 is 0 Å². The largest absolute Gasteiger partial charge is 0.480 e.